The van der Waals surface area contributed by atoms with E-state index >= 15 is 0 Å². The topological polar surface area (TPSA) is 81.8 Å². The number of nitrogens with one attached hydrogen (secondary N) is 1. The summed E-state index contributed by atoms with van der Waals surface area (Å²) in [7, 11) is 0. The number of aromatic nitrogens is 4. The van der Waals surface area contributed by atoms with E-state index in [1.54, 1.807) is 24.3 Å². The third-order valence-corrected chi connectivity index (χ3v) is 4.36. The molecule has 0 saturated heterocycles. The predicted octanol–water partition coefficient (Wildman–Crippen LogP) is 3.15. The minimum Gasteiger partial charge on any atom is -0.322 e. The second-order valence-corrected chi connectivity index (χ2v) is 6.56. The van der Waals surface area contributed by atoms with E-state index < -0.39 is 29.6 Å². The molecule has 0 unspecified atom stereocenters. The molecule has 4 aromatic rings. The molecule has 0 atom stereocenters. The highest BCUT2D eigenvalue weighted by molar-refractivity contribution is 6.30. The van der Waals surface area contributed by atoms with E-state index in [1.807, 2.05) is 0 Å². The highest BCUT2D eigenvalue weighted by atomic mass is 35.5. The van der Waals surface area contributed by atoms with Gasteiger partial charge in [-0.3, -0.25) is 14.2 Å². The number of carbonyl (C=O) groups is 1. The van der Waals surface area contributed by atoms with Gasteiger partial charge in [0.1, 0.15) is 29.9 Å². The summed E-state index contributed by atoms with van der Waals surface area (Å²) in [5, 5.41) is 7.09. The zero-order valence-electron chi connectivity index (χ0n) is 14.6. The summed E-state index contributed by atoms with van der Waals surface area (Å²) in [6.07, 6.45) is 2.53. The first kappa shape index (κ1) is 18.8. The predicted molar refractivity (Wildman–Crippen MR) is 103 cm³/mol. The Bertz CT molecular complexity index is 1300. The summed E-state index contributed by atoms with van der Waals surface area (Å²) >= 11 is 5.99. The Morgan fingerprint density at radius 2 is 2.00 bits per heavy atom. The maximum absolute atomic E-state index is 13.7. The van der Waals surface area contributed by atoms with Gasteiger partial charge in [-0.05, 0) is 30.3 Å². The van der Waals surface area contributed by atoms with Crippen molar-refractivity contribution in [3.63, 3.8) is 0 Å². The lowest BCUT2D eigenvalue weighted by Gasteiger charge is -2.08. The van der Waals surface area contributed by atoms with Crippen molar-refractivity contribution < 1.29 is 13.6 Å². The molecule has 10 heteroatoms. The normalized spacial score (nSPS) is 11.0. The van der Waals surface area contributed by atoms with E-state index in [0.29, 0.717) is 16.4 Å². The van der Waals surface area contributed by atoms with E-state index in [1.165, 1.54) is 17.2 Å². The lowest BCUT2D eigenvalue weighted by Crippen LogP contribution is -2.28. The van der Waals surface area contributed by atoms with Crippen LogP contribution in [0.5, 0.6) is 0 Å². The number of hydrogen-bond acceptors (Lipinski definition) is 4. The molecule has 0 aliphatic rings. The van der Waals surface area contributed by atoms with Crippen molar-refractivity contribution in [1.29, 1.82) is 0 Å². The van der Waals surface area contributed by atoms with Gasteiger partial charge in [-0.15, -0.1) is 0 Å². The molecule has 0 spiro atoms. The van der Waals surface area contributed by atoms with Gasteiger partial charge in [0.2, 0.25) is 5.91 Å². The quantitative estimate of drug-likeness (QED) is 0.555. The maximum atomic E-state index is 13.7. The number of halogens is 3. The standard InChI is InChI=1S/C19H12ClF2N5O2/c20-11-2-1-3-13(6-11)27-18-14(8-24-27)19(29)26(10-23-18)9-17(28)25-16-7-12(21)4-5-15(16)22/h1-8,10H,9H2,(H,25,28). The Morgan fingerprint density at radius 3 is 2.79 bits per heavy atom. The van der Waals surface area contributed by atoms with Gasteiger partial charge >= 0.3 is 0 Å². The van der Waals surface area contributed by atoms with Gasteiger partial charge in [0.25, 0.3) is 5.56 Å². The summed E-state index contributed by atoms with van der Waals surface area (Å²) in [4.78, 5) is 29.1. The highest BCUT2D eigenvalue weighted by Gasteiger charge is 2.14. The molecular weight excluding hydrogens is 404 g/mol. The minimum absolute atomic E-state index is 0.192. The molecule has 4 rings (SSSR count). The smallest absolute Gasteiger partial charge is 0.264 e. The third kappa shape index (κ3) is 3.72. The molecule has 0 aliphatic heterocycles. The van der Waals surface area contributed by atoms with Gasteiger partial charge in [0, 0.05) is 11.1 Å². The molecule has 7 nitrogen and oxygen atoms in total. The number of amides is 1. The lowest BCUT2D eigenvalue weighted by molar-refractivity contribution is -0.116. The fourth-order valence-electron chi connectivity index (χ4n) is 2.80. The summed E-state index contributed by atoms with van der Waals surface area (Å²) in [6, 6.07) is 9.56. The van der Waals surface area contributed by atoms with Crippen LogP contribution in [0.3, 0.4) is 0 Å². The third-order valence-electron chi connectivity index (χ3n) is 4.12. The van der Waals surface area contributed by atoms with E-state index in [4.69, 9.17) is 11.6 Å². The largest absolute Gasteiger partial charge is 0.322 e. The molecule has 1 amide bonds. The van der Waals surface area contributed by atoms with Crippen LogP contribution in [0.1, 0.15) is 0 Å². The van der Waals surface area contributed by atoms with Gasteiger partial charge in [-0.1, -0.05) is 17.7 Å². The maximum Gasteiger partial charge on any atom is 0.264 e. The van der Waals surface area contributed by atoms with Gasteiger partial charge < -0.3 is 5.32 Å². The number of hydrogen-bond donors (Lipinski definition) is 1. The first-order chi connectivity index (χ1) is 13.9. The van der Waals surface area contributed by atoms with E-state index in [-0.39, 0.29) is 11.1 Å². The van der Waals surface area contributed by atoms with Crippen LogP contribution >= 0.6 is 11.6 Å². The SMILES string of the molecule is O=C(Cn1cnc2c(cnn2-c2cccc(Cl)c2)c1=O)Nc1cc(F)ccc1F. The zero-order valence-corrected chi connectivity index (χ0v) is 15.4. The Kier molecular flexibility index (Phi) is 4.81. The lowest BCUT2D eigenvalue weighted by atomic mass is 10.3. The average Bonchev–Trinajstić information content (AvgIpc) is 3.12. The van der Waals surface area contributed by atoms with Crippen LogP contribution in [0.25, 0.3) is 16.7 Å². The number of fused-ring (bicyclic) bond motifs is 1. The molecule has 0 saturated carbocycles. The van der Waals surface area contributed by atoms with Gasteiger partial charge in [-0.2, -0.15) is 5.10 Å². The molecule has 146 valence electrons. The Balaban J connectivity index is 1.62. The summed E-state index contributed by atoms with van der Waals surface area (Å²) in [5.74, 6) is -2.20. The monoisotopic (exact) mass is 415 g/mol. The van der Waals surface area contributed by atoms with Crippen molar-refractivity contribution in [3.05, 3.63) is 82.0 Å². The molecule has 2 aromatic heterocycles. The Labute approximate surface area is 167 Å². The molecule has 0 radical (unpaired) electrons. The summed E-state index contributed by atoms with van der Waals surface area (Å²) in [5.41, 5.74) is 0.102. The van der Waals surface area contributed by atoms with Crippen LogP contribution in [0.2, 0.25) is 5.02 Å². The van der Waals surface area contributed by atoms with E-state index in [2.05, 4.69) is 15.4 Å². The number of rotatable bonds is 4. The highest BCUT2D eigenvalue weighted by Crippen LogP contribution is 2.18. The summed E-state index contributed by atoms with van der Waals surface area (Å²) < 4.78 is 29.4. The van der Waals surface area contributed by atoms with E-state index in [9.17, 15) is 18.4 Å². The number of benzene rings is 2. The van der Waals surface area contributed by atoms with Gasteiger partial charge in [0.05, 0.1) is 17.6 Å². The van der Waals surface area contributed by atoms with Crippen LogP contribution in [-0.2, 0) is 11.3 Å². The number of nitrogens with zero attached hydrogens (tertiary/aromatic N) is 4. The van der Waals surface area contributed by atoms with Crippen LogP contribution in [0, 0.1) is 11.6 Å². The van der Waals surface area contributed by atoms with E-state index in [0.717, 1.165) is 22.8 Å². The van der Waals surface area contributed by atoms with Crippen molar-refractivity contribution in [3.8, 4) is 5.69 Å². The first-order valence-corrected chi connectivity index (χ1v) is 8.74. The Morgan fingerprint density at radius 1 is 1.17 bits per heavy atom. The molecule has 2 aromatic carbocycles. The molecule has 0 aliphatic carbocycles. The molecular formula is C19H12ClF2N5O2. The van der Waals surface area contributed by atoms with Crippen LogP contribution in [-0.4, -0.2) is 25.2 Å². The van der Waals surface area contributed by atoms with Crippen molar-refractivity contribution in [1.82, 2.24) is 19.3 Å². The minimum atomic E-state index is -0.788. The second-order valence-electron chi connectivity index (χ2n) is 6.12. The Hall–Kier alpha value is -3.59. The van der Waals surface area contributed by atoms with Crippen LogP contribution < -0.4 is 10.9 Å². The fourth-order valence-corrected chi connectivity index (χ4v) is 2.98. The van der Waals surface area contributed by atoms with Crippen LogP contribution in [0.15, 0.2) is 59.8 Å². The van der Waals surface area contributed by atoms with Crippen molar-refractivity contribution in [2.45, 2.75) is 6.54 Å². The zero-order chi connectivity index (χ0) is 20.5. The van der Waals surface area contributed by atoms with Crippen molar-refractivity contribution in [2.75, 3.05) is 5.32 Å². The second kappa shape index (κ2) is 7.44. The molecule has 29 heavy (non-hydrogen) atoms. The van der Waals surface area contributed by atoms with Crippen LogP contribution in [0.4, 0.5) is 14.5 Å². The number of carbonyl (C=O) groups excluding carboxylic acids is 1. The van der Waals surface area contributed by atoms with Gasteiger partial charge in [0.15, 0.2) is 5.65 Å². The van der Waals surface area contributed by atoms with Crippen molar-refractivity contribution in [2.24, 2.45) is 0 Å². The molecule has 0 fully saturated rings. The molecule has 2 heterocycles. The average molecular weight is 416 g/mol. The summed E-state index contributed by atoms with van der Waals surface area (Å²) in [6.45, 7) is -0.430. The molecule has 0 bridgehead atoms. The van der Waals surface area contributed by atoms with Crippen molar-refractivity contribution >= 4 is 34.2 Å². The number of anilines is 1. The molecule has 1 N–H and O–H groups in total. The fraction of sp³-hybridized carbons (Fsp3) is 0.0526. The first-order valence-electron chi connectivity index (χ1n) is 8.36. The van der Waals surface area contributed by atoms with Gasteiger partial charge in [-0.25, -0.2) is 18.4 Å².